The van der Waals surface area contributed by atoms with E-state index in [2.05, 4.69) is 146 Å². The van der Waals surface area contributed by atoms with Crippen LogP contribution in [0.5, 0.6) is 0 Å². The van der Waals surface area contributed by atoms with Crippen molar-refractivity contribution in [3.05, 3.63) is 163 Å². The number of hydrogen-bond acceptors (Lipinski definition) is 3. The van der Waals surface area contributed by atoms with Crippen LogP contribution in [0.25, 0.3) is 77.8 Å². The number of fused-ring (bicyclic) bond motifs is 3. The van der Waals surface area contributed by atoms with E-state index in [0.717, 1.165) is 83.5 Å². The zero-order valence-electron chi connectivity index (χ0n) is 24.9. The van der Waals surface area contributed by atoms with Gasteiger partial charge in [-0.15, -0.1) is 0 Å². The monoisotopic (exact) mass is 575 g/mol. The number of rotatable bonds is 5. The average molecular weight is 576 g/mol. The van der Waals surface area contributed by atoms with E-state index in [1.54, 1.807) is 0 Å². The quantitative estimate of drug-likeness (QED) is 0.192. The van der Waals surface area contributed by atoms with Gasteiger partial charge in [0.1, 0.15) is 0 Å². The van der Waals surface area contributed by atoms with Crippen molar-refractivity contribution in [2.45, 2.75) is 6.92 Å². The van der Waals surface area contributed by atoms with Gasteiger partial charge in [-0.1, -0.05) is 127 Å². The van der Waals surface area contributed by atoms with Crippen LogP contribution in [0.2, 0.25) is 0 Å². The highest BCUT2D eigenvalue weighted by Crippen LogP contribution is 2.37. The number of pyridine rings is 3. The number of nitrogens with zero attached hydrogens (tertiary/aromatic N) is 3. The third-order valence-electron chi connectivity index (χ3n) is 8.32. The maximum absolute atomic E-state index is 5.20. The third-order valence-corrected chi connectivity index (χ3v) is 8.32. The maximum atomic E-state index is 5.20. The largest absolute Gasteiger partial charge is 0.251 e. The van der Waals surface area contributed by atoms with Crippen molar-refractivity contribution in [2.75, 3.05) is 0 Å². The molecule has 8 aromatic rings. The van der Waals surface area contributed by atoms with Crippen LogP contribution < -0.4 is 0 Å². The van der Waals surface area contributed by atoms with Crippen molar-refractivity contribution in [2.24, 2.45) is 0 Å². The molecule has 0 unspecified atom stereocenters. The van der Waals surface area contributed by atoms with E-state index in [-0.39, 0.29) is 0 Å². The highest BCUT2D eigenvalue weighted by Gasteiger charge is 2.15. The van der Waals surface area contributed by atoms with Gasteiger partial charge in [0.15, 0.2) is 0 Å². The summed E-state index contributed by atoms with van der Waals surface area (Å²) in [6.45, 7) is 2.03. The molecule has 0 saturated heterocycles. The summed E-state index contributed by atoms with van der Waals surface area (Å²) in [4.78, 5) is 15.3. The fraction of sp³-hybridized carbons (Fsp3) is 0.0238. The molecular weight excluding hydrogens is 546 g/mol. The second kappa shape index (κ2) is 11.3. The number of hydrogen-bond donors (Lipinski definition) is 0. The molecule has 0 radical (unpaired) electrons. The summed E-state index contributed by atoms with van der Waals surface area (Å²) in [7, 11) is 0. The van der Waals surface area contributed by atoms with Gasteiger partial charge in [-0.2, -0.15) is 0 Å². The van der Waals surface area contributed by atoms with E-state index in [0.29, 0.717) is 0 Å². The summed E-state index contributed by atoms with van der Waals surface area (Å²) in [5.74, 6) is 0. The lowest BCUT2D eigenvalue weighted by Gasteiger charge is -2.14. The first-order valence-corrected chi connectivity index (χ1v) is 15.2. The zero-order valence-corrected chi connectivity index (χ0v) is 24.9. The van der Waals surface area contributed by atoms with Crippen LogP contribution in [0, 0.1) is 6.92 Å². The molecule has 3 heteroatoms. The lowest BCUT2D eigenvalue weighted by molar-refractivity contribution is 1.25. The molecular formula is C42H29N3. The van der Waals surface area contributed by atoms with Crippen LogP contribution in [0.4, 0.5) is 0 Å². The van der Waals surface area contributed by atoms with Gasteiger partial charge in [0.2, 0.25) is 0 Å². The molecule has 0 amide bonds. The summed E-state index contributed by atoms with van der Waals surface area (Å²) in [6.07, 6.45) is 0. The topological polar surface area (TPSA) is 38.7 Å². The molecule has 0 aliphatic carbocycles. The second-order valence-corrected chi connectivity index (χ2v) is 11.3. The Labute approximate surface area is 262 Å². The molecule has 0 aliphatic heterocycles. The molecule has 3 aromatic heterocycles. The fourth-order valence-corrected chi connectivity index (χ4v) is 6.04. The molecule has 5 aromatic carbocycles. The van der Waals surface area contributed by atoms with Crippen molar-refractivity contribution in [3.8, 4) is 56.0 Å². The van der Waals surface area contributed by atoms with Gasteiger partial charge < -0.3 is 0 Å². The van der Waals surface area contributed by atoms with Crippen LogP contribution in [0.3, 0.4) is 0 Å². The van der Waals surface area contributed by atoms with Gasteiger partial charge in [0.25, 0.3) is 0 Å². The summed E-state index contributed by atoms with van der Waals surface area (Å²) in [5, 5.41) is 2.16. The summed E-state index contributed by atoms with van der Waals surface area (Å²) in [6, 6.07) is 55.1. The molecule has 3 heterocycles. The first-order valence-electron chi connectivity index (χ1n) is 15.2. The Kier molecular flexibility index (Phi) is 6.69. The van der Waals surface area contributed by atoms with E-state index >= 15 is 0 Å². The van der Waals surface area contributed by atoms with E-state index in [1.165, 1.54) is 0 Å². The van der Waals surface area contributed by atoms with Gasteiger partial charge in [-0.25, -0.2) is 9.97 Å². The minimum absolute atomic E-state index is 0.911. The van der Waals surface area contributed by atoms with Crippen LogP contribution in [-0.2, 0) is 0 Å². The van der Waals surface area contributed by atoms with Gasteiger partial charge in [0, 0.05) is 33.2 Å². The van der Waals surface area contributed by atoms with E-state index in [4.69, 9.17) is 15.0 Å². The standard InChI is InChI=1S/C42H29N3/c1-28-20-21-32-22-23-36-37(27-40(31-16-9-4-10-17-31)45-42(36)41(32)43-28)33-18-11-19-34(24-33)39-26-35(29-12-5-2-6-13-29)25-38(44-39)30-14-7-3-8-15-30/h2-27H,1H3. The van der Waals surface area contributed by atoms with Crippen molar-refractivity contribution < 1.29 is 0 Å². The Morgan fingerprint density at radius 3 is 1.60 bits per heavy atom. The first kappa shape index (κ1) is 26.7. The maximum Gasteiger partial charge on any atom is 0.0978 e. The third kappa shape index (κ3) is 5.15. The smallest absolute Gasteiger partial charge is 0.0978 e. The number of aryl methyl sites for hydroxylation is 1. The molecule has 0 saturated carbocycles. The Bertz CT molecular complexity index is 2250. The lowest BCUT2D eigenvalue weighted by Crippen LogP contribution is -1.94. The number of benzene rings is 5. The molecule has 0 bridgehead atoms. The Morgan fingerprint density at radius 2 is 0.911 bits per heavy atom. The van der Waals surface area contributed by atoms with Gasteiger partial charge in [-0.05, 0) is 59.5 Å². The predicted molar refractivity (Wildman–Crippen MR) is 187 cm³/mol. The molecule has 3 nitrogen and oxygen atoms in total. The molecule has 212 valence electrons. The van der Waals surface area contributed by atoms with Crippen molar-refractivity contribution in [3.63, 3.8) is 0 Å². The molecule has 0 spiro atoms. The molecule has 45 heavy (non-hydrogen) atoms. The molecule has 0 aliphatic rings. The van der Waals surface area contributed by atoms with Crippen LogP contribution in [0.1, 0.15) is 5.69 Å². The lowest BCUT2D eigenvalue weighted by atomic mass is 9.94. The van der Waals surface area contributed by atoms with Gasteiger partial charge in [0.05, 0.1) is 28.1 Å². The van der Waals surface area contributed by atoms with Crippen LogP contribution in [-0.4, -0.2) is 15.0 Å². The van der Waals surface area contributed by atoms with Gasteiger partial charge in [-0.3, -0.25) is 4.98 Å². The first-order chi connectivity index (χ1) is 22.2. The van der Waals surface area contributed by atoms with Crippen LogP contribution in [0.15, 0.2) is 158 Å². The van der Waals surface area contributed by atoms with Crippen LogP contribution >= 0.6 is 0 Å². The normalized spacial score (nSPS) is 11.2. The molecule has 0 fully saturated rings. The Hall–Kier alpha value is -5.93. The SMILES string of the molecule is Cc1ccc2ccc3c(-c4cccc(-c5cc(-c6ccccc6)cc(-c6ccccc6)n5)c4)cc(-c4ccccc4)nc3c2n1. The molecule has 8 rings (SSSR count). The van der Waals surface area contributed by atoms with E-state index in [1.807, 2.05) is 19.1 Å². The second-order valence-electron chi connectivity index (χ2n) is 11.3. The minimum atomic E-state index is 0.911. The van der Waals surface area contributed by atoms with Crippen molar-refractivity contribution in [1.82, 2.24) is 15.0 Å². The van der Waals surface area contributed by atoms with E-state index in [9.17, 15) is 0 Å². The summed E-state index contributed by atoms with van der Waals surface area (Å²) in [5.41, 5.74) is 13.4. The van der Waals surface area contributed by atoms with E-state index < -0.39 is 0 Å². The summed E-state index contributed by atoms with van der Waals surface area (Å²) < 4.78 is 0. The number of aromatic nitrogens is 3. The average Bonchev–Trinajstić information content (AvgIpc) is 3.12. The minimum Gasteiger partial charge on any atom is -0.251 e. The van der Waals surface area contributed by atoms with Gasteiger partial charge >= 0.3 is 0 Å². The Morgan fingerprint density at radius 1 is 0.356 bits per heavy atom. The van der Waals surface area contributed by atoms with Crippen molar-refractivity contribution >= 4 is 21.8 Å². The highest BCUT2D eigenvalue weighted by molar-refractivity contribution is 6.09. The van der Waals surface area contributed by atoms with Crippen molar-refractivity contribution in [1.29, 1.82) is 0 Å². The Balaban J connectivity index is 1.34. The molecule has 0 atom stereocenters. The zero-order chi connectivity index (χ0) is 30.2. The fourth-order valence-electron chi connectivity index (χ4n) is 6.04. The molecule has 0 N–H and O–H groups in total. The predicted octanol–water partition coefficient (Wildman–Crippen LogP) is 10.8. The summed E-state index contributed by atoms with van der Waals surface area (Å²) >= 11 is 0. The highest BCUT2D eigenvalue weighted by atomic mass is 14.8.